The minimum Gasteiger partial charge on any atom is -0.481 e. The smallest absolute Gasteiger partial charge is 0.307 e. The highest BCUT2D eigenvalue weighted by atomic mass is 32.1. The van der Waals surface area contributed by atoms with Gasteiger partial charge in [-0.05, 0) is 24.3 Å². The van der Waals surface area contributed by atoms with Crippen molar-refractivity contribution in [2.45, 2.75) is 39.0 Å². The van der Waals surface area contributed by atoms with Crippen molar-refractivity contribution in [3.05, 3.63) is 33.5 Å². The molecule has 0 aliphatic carbocycles. The van der Waals surface area contributed by atoms with E-state index in [9.17, 15) is 14.7 Å². The molecular weight excluding hydrogens is 434 g/mol. The quantitative estimate of drug-likeness (QED) is 0.572. The summed E-state index contributed by atoms with van der Waals surface area (Å²) in [4.78, 5) is 34.5. The first-order valence-electron chi connectivity index (χ1n) is 10.7. The van der Waals surface area contributed by atoms with Crippen LogP contribution in [0.4, 0.5) is 5.13 Å². The van der Waals surface area contributed by atoms with Gasteiger partial charge in [-0.25, -0.2) is 4.98 Å². The zero-order valence-electron chi connectivity index (χ0n) is 18.4. The van der Waals surface area contributed by atoms with Gasteiger partial charge >= 0.3 is 5.97 Å². The van der Waals surface area contributed by atoms with Crippen molar-refractivity contribution >= 4 is 39.7 Å². The zero-order chi connectivity index (χ0) is 22.4. The molecule has 1 N–H and O–H groups in total. The van der Waals surface area contributed by atoms with Crippen molar-refractivity contribution in [2.75, 3.05) is 44.3 Å². The Bertz CT molecular complexity index is 860. The number of thiazole rings is 1. The molecule has 7 nitrogen and oxygen atoms in total. The summed E-state index contributed by atoms with van der Waals surface area (Å²) in [7, 11) is 0. The van der Waals surface area contributed by atoms with Gasteiger partial charge in [0, 0.05) is 37.0 Å². The number of carbonyl (C=O) groups excluding carboxylic acids is 1. The number of aromatic nitrogens is 1. The summed E-state index contributed by atoms with van der Waals surface area (Å²) >= 11 is 2.83. The molecule has 170 valence electrons. The molecule has 9 heteroatoms. The zero-order valence-corrected chi connectivity index (χ0v) is 20.0. The number of carboxylic acid groups (broad SMARTS) is 1. The predicted molar refractivity (Wildman–Crippen MR) is 124 cm³/mol. The van der Waals surface area contributed by atoms with Crippen molar-refractivity contribution in [3.63, 3.8) is 0 Å². The minimum absolute atomic E-state index is 0.0547. The molecule has 1 fully saturated rings. The van der Waals surface area contributed by atoms with E-state index in [1.54, 1.807) is 4.90 Å². The molecule has 1 aliphatic rings. The average molecular weight is 466 g/mol. The Morgan fingerprint density at radius 3 is 2.68 bits per heavy atom. The second kappa shape index (κ2) is 10.7. The van der Waals surface area contributed by atoms with Gasteiger partial charge < -0.3 is 9.84 Å². The Morgan fingerprint density at radius 2 is 2.06 bits per heavy atom. The topological polar surface area (TPSA) is 83.0 Å². The Morgan fingerprint density at radius 1 is 1.32 bits per heavy atom. The number of rotatable bonds is 10. The molecule has 31 heavy (non-hydrogen) atoms. The monoisotopic (exact) mass is 465 g/mol. The number of ether oxygens (including phenoxy) is 1. The van der Waals surface area contributed by atoms with Crippen molar-refractivity contribution in [1.82, 2.24) is 9.88 Å². The van der Waals surface area contributed by atoms with Crippen LogP contribution in [-0.2, 0) is 14.9 Å². The molecule has 1 unspecified atom stereocenters. The molecule has 3 rings (SSSR count). The van der Waals surface area contributed by atoms with Gasteiger partial charge in [-0.1, -0.05) is 26.8 Å². The molecule has 0 aromatic carbocycles. The fraction of sp³-hybridized carbons (Fsp3) is 0.591. The molecule has 1 atom stereocenters. The van der Waals surface area contributed by atoms with Crippen molar-refractivity contribution in [2.24, 2.45) is 5.92 Å². The fourth-order valence-electron chi connectivity index (χ4n) is 3.95. The highest BCUT2D eigenvalue weighted by Gasteiger charge is 2.38. The van der Waals surface area contributed by atoms with Crippen LogP contribution in [0, 0.1) is 5.92 Å². The molecule has 2 aromatic heterocycles. The lowest BCUT2D eigenvalue weighted by Crippen LogP contribution is -2.39. The van der Waals surface area contributed by atoms with Crippen LogP contribution in [0.1, 0.15) is 49.0 Å². The van der Waals surface area contributed by atoms with E-state index >= 15 is 0 Å². The van der Waals surface area contributed by atoms with E-state index in [-0.39, 0.29) is 5.91 Å². The first-order chi connectivity index (χ1) is 14.8. The standard InChI is InChI=1S/C22H31N3O4S2/c1-4-16(20(27)28)22(2,3)18-15-31-21(23-18)25(19(26)17-7-5-14-30-17)9-6-8-24-10-12-29-13-11-24/h5,7,14-16H,4,6,8-13H2,1-3H3,(H,27,28). The largest absolute Gasteiger partial charge is 0.481 e. The highest BCUT2D eigenvalue weighted by Crippen LogP contribution is 2.37. The first-order valence-corrected chi connectivity index (χ1v) is 12.4. The molecule has 0 radical (unpaired) electrons. The summed E-state index contributed by atoms with van der Waals surface area (Å²) < 4.78 is 5.41. The van der Waals surface area contributed by atoms with Crippen LogP contribution in [0.15, 0.2) is 22.9 Å². The number of carbonyl (C=O) groups is 2. The van der Waals surface area contributed by atoms with Crippen LogP contribution in [0.25, 0.3) is 0 Å². The molecule has 0 spiro atoms. The van der Waals surface area contributed by atoms with Gasteiger partial charge in [-0.3, -0.25) is 19.4 Å². The van der Waals surface area contributed by atoms with E-state index in [2.05, 4.69) is 4.90 Å². The Balaban J connectivity index is 1.78. The van der Waals surface area contributed by atoms with E-state index < -0.39 is 17.3 Å². The number of carboxylic acids is 1. The predicted octanol–water partition coefficient (Wildman–Crippen LogP) is 3.96. The Labute approximate surface area is 191 Å². The van der Waals surface area contributed by atoms with Gasteiger partial charge in [0.1, 0.15) is 0 Å². The van der Waals surface area contributed by atoms with Crippen molar-refractivity contribution in [1.29, 1.82) is 0 Å². The van der Waals surface area contributed by atoms with E-state index in [4.69, 9.17) is 9.72 Å². The SMILES string of the molecule is CCC(C(=O)O)C(C)(C)c1csc(N(CCCN2CCOCC2)C(=O)c2cccs2)n1. The summed E-state index contributed by atoms with van der Waals surface area (Å²) in [6, 6.07) is 3.71. The maximum atomic E-state index is 13.2. The lowest BCUT2D eigenvalue weighted by atomic mass is 9.75. The van der Waals surface area contributed by atoms with Crippen LogP contribution in [0.2, 0.25) is 0 Å². The minimum atomic E-state index is -0.820. The maximum Gasteiger partial charge on any atom is 0.307 e. The molecule has 3 heterocycles. The van der Waals surface area contributed by atoms with Crippen LogP contribution in [0.3, 0.4) is 0 Å². The lowest BCUT2D eigenvalue weighted by Gasteiger charge is -2.29. The number of aliphatic carboxylic acids is 1. The van der Waals surface area contributed by atoms with E-state index in [1.807, 2.05) is 43.7 Å². The van der Waals surface area contributed by atoms with Crippen molar-refractivity contribution < 1.29 is 19.4 Å². The molecule has 0 bridgehead atoms. The van der Waals surface area contributed by atoms with E-state index in [1.165, 1.54) is 22.7 Å². The Hall–Kier alpha value is -1.81. The van der Waals surface area contributed by atoms with E-state index in [0.717, 1.165) is 45.0 Å². The number of hydrogen-bond donors (Lipinski definition) is 1. The highest BCUT2D eigenvalue weighted by molar-refractivity contribution is 7.14. The van der Waals surface area contributed by atoms with Crippen molar-refractivity contribution in [3.8, 4) is 0 Å². The number of anilines is 1. The van der Waals surface area contributed by atoms with Gasteiger partial charge in [-0.15, -0.1) is 22.7 Å². The maximum absolute atomic E-state index is 13.2. The van der Waals surface area contributed by atoms with Crippen LogP contribution in [-0.4, -0.2) is 66.3 Å². The van der Waals surface area contributed by atoms with Gasteiger partial charge in [0.05, 0.1) is 29.7 Å². The molecule has 2 aromatic rings. The Kier molecular flexibility index (Phi) is 8.21. The number of amides is 1. The normalized spacial score (nSPS) is 16.2. The second-order valence-corrected chi connectivity index (χ2v) is 10.1. The van der Waals surface area contributed by atoms with Crippen LogP contribution < -0.4 is 4.90 Å². The van der Waals surface area contributed by atoms with Gasteiger partial charge in [0.15, 0.2) is 5.13 Å². The summed E-state index contributed by atoms with van der Waals surface area (Å²) in [5, 5.41) is 14.1. The summed E-state index contributed by atoms with van der Waals surface area (Å²) in [5.74, 6) is -1.41. The lowest BCUT2D eigenvalue weighted by molar-refractivity contribution is -0.144. The summed E-state index contributed by atoms with van der Waals surface area (Å²) in [6.07, 6.45) is 1.36. The number of thiophene rings is 1. The summed E-state index contributed by atoms with van der Waals surface area (Å²) in [5.41, 5.74) is 0.0970. The molecule has 1 saturated heterocycles. The third-order valence-electron chi connectivity index (χ3n) is 5.90. The van der Waals surface area contributed by atoms with Gasteiger partial charge in [-0.2, -0.15) is 0 Å². The molecular formula is C22H31N3O4S2. The fourth-order valence-corrected chi connectivity index (χ4v) is 5.65. The second-order valence-electron chi connectivity index (χ2n) is 8.28. The average Bonchev–Trinajstić information content (AvgIpc) is 3.44. The molecule has 1 amide bonds. The van der Waals surface area contributed by atoms with E-state index in [0.29, 0.717) is 23.0 Å². The van der Waals surface area contributed by atoms with Gasteiger partial charge in [0.25, 0.3) is 5.91 Å². The molecule has 1 aliphatic heterocycles. The number of nitrogens with zero attached hydrogens (tertiary/aromatic N) is 3. The van der Waals surface area contributed by atoms with Crippen LogP contribution in [0.5, 0.6) is 0 Å². The summed E-state index contributed by atoms with van der Waals surface area (Å²) in [6.45, 7) is 10.5. The number of morpholine rings is 1. The first kappa shape index (κ1) is 23.8. The van der Waals surface area contributed by atoms with Gasteiger partial charge in [0.2, 0.25) is 0 Å². The third-order valence-corrected chi connectivity index (χ3v) is 7.62. The third kappa shape index (κ3) is 5.71. The number of hydrogen-bond acceptors (Lipinski definition) is 7. The molecule has 0 saturated carbocycles. The van der Waals surface area contributed by atoms with Crippen LogP contribution >= 0.6 is 22.7 Å².